The SMILES string of the molecule is CCCCCCCCCCCCCC(=O)CCN(CCNCCN(CCC(=O)CCCCCCCCCCCCC)CCN(CCC(=O)NCCCCCCCCCCCC)CCC(=O)NCCCCCCCCCCCC)CCC(=O)NCCCCCCCCCCCC. The molecule has 95 heavy (non-hydrogen) atoms. The van der Waals surface area contributed by atoms with Gasteiger partial charge in [0.1, 0.15) is 11.6 Å². The van der Waals surface area contributed by atoms with Crippen LogP contribution in [0.25, 0.3) is 0 Å². The zero-order valence-corrected chi connectivity index (χ0v) is 64.5. The van der Waals surface area contributed by atoms with Crippen molar-refractivity contribution in [1.82, 2.24) is 36.0 Å². The average molecular weight is 1340 g/mol. The fourth-order valence-corrected chi connectivity index (χ4v) is 13.2. The molecule has 562 valence electrons. The first kappa shape index (κ1) is 92.6. The maximum atomic E-state index is 13.5. The monoisotopic (exact) mass is 1340 g/mol. The predicted molar refractivity (Wildman–Crippen MR) is 412 cm³/mol. The fraction of sp³-hybridized carbons (Fsp3) is 0.940. The smallest absolute Gasteiger partial charge is 0.221 e. The third kappa shape index (κ3) is 72.7. The molecule has 0 unspecified atom stereocenters. The van der Waals surface area contributed by atoms with Crippen LogP contribution in [0.15, 0.2) is 0 Å². The van der Waals surface area contributed by atoms with Crippen molar-refractivity contribution in [2.75, 3.05) is 91.6 Å². The second-order valence-electron chi connectivity index (χ2n) is 29.3. The molecule has 0 heterocycles. The largest absolute Gasteiger partial charge is 0.356 e. The zero-order valence-electron chi connectivity index (χ0n) is 64.5. The topological polar surface area (TPSA) is 143 Å². The number of Topliss-reactive ketones (excluding diaryl/α,β-unsaturated/α-hetero) is 2. The van der Waals surface area contributed by atoms with Crippen molar-refractivity contribution in [1.29, 1.82) is 0 Å². The summed E-state index contributed by atoms with van der Waals surface area (Å²) in [5.41, 5.74) is 0. The number of carbonyl (C=O) groups is 5. The van der Waals surface area contributed by atoms with Gasteiger partial charge in [0.25, 0.3) is 0 Å². The number of hydrogen-bond donors (Lipinski definition) is 4. The summed E-state index contributed by atoms with van der Waals surface area (Å²) < 4.78 is 0. The Labute approximate surface area is 591 Å². The van der Waals surface area contributed by atoms with Gasteiger partial charge in [-0.1, -0.05) is 336 Å². The molecule has 3 amide bonds. The van der Waals surface area contributed by atoms with E-state index >= 15 is 0 Å². The maximum Gasteiger partial charge on any atom is 0.221 e. The third-order valence-electron chi connectivity index (χ3n) is 20.0. The summed E-state index contributed by atoms with van der Waals surface area (Å²) in [6.45, 7) is 21.2. The number of unbranched alkanes of at least 4 members (excludes halogenated alkanes) is 47. The fourth-order valence-electron chi connectivity index (χ4n) is 13.2. The molecule has 0 aromatic carbocycles. The minimum Gasteiger partial charge on any atom is -0.356 e. The lowest BCUT2D eigenvalue weighted by atomic mass is 10.0. The Morgan fingerprint density at radius 2 is 0.379 bits per heavy atom. The van der Waals surface area contributed by atoms with Crippen molar-refractivity contribution in [2.24, 2.45) is 0 Å². The molecule has 0 saturated carbocycles. The molecule has 0 saturated heterocycles. The molecule has 0 aromatic rings. The lowest BCUT2D eigenvalue weighted by molar-refractivity contribution is -0.122. The van der Waals surface area contributed by atoms with Gasteiger partial charge in [0.15, 0.2) is 0 Å². The first-order valence-corrected chi connectivity index (χ1v) is 42.4. The summed E-state index contributed by atoms with van der Waals surface area (Å²) in [5, 5.41) is 13.3. The lowest BCUT2D eigenvalue weighted by Crippen LogP contribution is -2.42. The summed E-state index contributed by atoms with van der Waals surface area (Å²) in [7, 11) is 0. The van der Waals surface area contributed by atoms with E-state index in [0.717, 1.165) is 117 Å². The number of nitrogens with one attached hydrogen (secondary N) is 4. The average Bonchev–Trinajstić information content (AvgIpc) is 3.51. The Morgan fingerprint density at radius 1 is 0.189 bits per heavy atom. The van der Waals surface area contributed by atoms with Crippen molar-refractivity contribution >= 4 is 29.3 Å². The quantitative estimate of drug-likeness (QED) is 0.0438. The van der Waals surface area contributed by atoms with Crippen molar-refractivity contribution in [3.8, 4) is 0 Å². The van der Waals surface area contributed by atoms with Gasteiger partial charge in [0.05, 0.1) is 0 Å². The van der Waals surface area contributed by atoms with Gasteiger partial charge in [0, 0.05) is 137 Å². The van der Waals surface area contributed by atoms with Gasteiger partial charge >= 0.3 is 0 Å². The van der Waals surface area contributed by atoms with Crippen LogP contribution in [0.5, 0.6) is 0 Å². The van der Waals surface area contributed by atoms with Crippen molar-refractivity contribution in [3.63, 3.8) is 0 Å². The van der Waals surface area contributed by atoms with Crippen LogP contribution in [0.1, 0.15) is 413 Å². The van der Waals surface area contributed by atoms with Crippen LogP contribution in [-0.4, -0.2) is 136 Å². The van der Waals surface area contributed by atoms with E-state index in [-0.39, 0.29) is 17.7 Å². The zero-order chi connectivity index (χ0) is 69.1. The highest BCUT2D eigenvalue weighted by Crippen LogP contribution is 2.17. The van der Waals surface area contributed by atoms with Gasteiger partial charge in [-0.25, -0.2) is 0 Å². The van der Waals surface area contributed by atoms with E-state index in [1.165, 1.54) is 270 Å². The van der Waals surface area contributed by atoms with Crippen LogP contribution in [-0.2, 0) is 24.0 Å². The van der Waals surface area contributed by atoms with Gasteiger partial charge in [0.2, 0.25) is 17.7 Å². The molecule has 12 nitrogen and oxygen atoms in total. The van der Waals surface area contributed by atoms with Crippen LogP contribution < -0.4 is 21.3 Å². The van der Waals surface area contributed by atoms with Gasteiger partial charge < -0.3 is 36.0 Å². The molecule has 0 aliphatic carbocycles. The van der Waals surface area contributed by atoms with Crippen LogP contribution in [0.4, 0.5) is 0 Å². The molecule has 0 aliphatic rings. The van der Waals surface area contributed by atoms with Gasteiger partial charge in [-0.15, -0.1) is 0 Å². The molecule has 0 fully saturated rings. The van der Waals surface area contributed by atoms with Crippen LogP contribution in [0, 0.1) is 0 Å². The van der Waals surface area contributed by atoms with Crippen molar-refractivity contribution in [3.05, 3.63) is 0 Å². The minimum absolute atomic E-state index is 0.0816. The van der Waals surface area contributed by atoms with Crippen LogP contribution >= 0.6 is 0 Å². The summed E-state index contributed by atoms with van der Waals surface area (Å²) in [6.07, 6.45) is 69.7. The molecular weight excluding hydrogens is 1170 g/mol. The summed E-state index contributed by atoms with van der Waals surface area (Å²) in [6, 6.07) is 0. The number of rotatable bonds is 81. The molecule has 0 rings (SSSR count). The van der Waals surface area contributed by atoms with Crippen LogP contribution in [0.2, 0.25) is 0 Å². The Bertz CT molecular complexity index is 1550. The normalized spacial score (nSPS) is 11.7. The summed E-state index contributed by atoms with van der Waals surface area (Å²) >= 11 is 0. The third-order valence-corrected chi connectivity index (χ3v) is 20.0. The first-order chi connectivity index (χ1) is 46.7. The van der Waals surface area contributed by atoms with E-state index in [0.29, 0.717) is 95.8 Å². The molecule has 4 N–H and O–H groups in total. The lowest BCUT2D eigenvalue weighted by Gasteiger charge is -2.28. The summed E-state index contributed by atoms with van der Waals surface area (Å²) in [5.74, 6) is 0.942. The van der Waals surface area contributed by atoms with E-state index in [1.54, 1.807) is 0 Å². The van der Waals surface area contributed by atoms with E-state index in [9.17, 15) is 24.0 Å². The first-order valence-electron chi connectivity index (χ1n) is 42.4. The molecular formula is C83H165N7O5. The number of carbonyl (C=O) groups excluding carboxylic acids is 5. The summed E-state index contributed by atoms with van der Waals surface area (Å²) in [4.78, 5) is 73.7. The molecule has 0 aromatic heterocycles. The molecule has 0 spiro atoms. The Kier molecular flexibility index (Phi) is 75.4. The van der Waals surface area contributed by atoms with Crippen molar-refractivity contribution < 1.29 is 24.0 Å². The molecule has 0 atom stereocenters. The van der Waals surface area contributed by atoms with E-state index in [2.05, 4.69) is 70.6 Å². The van der Waals surface area contributed by atoms with E-state index in [4.69, 9.17) is 0 Å². The number of ketones is 2. The minimum atomic E-state index is 0.0816. The number of nitrogens with zero attached hydrogens (tertiary/aromatic N) is 3. The van der Waals surface area contributed by atoms with Gasteiger partial charge in [-0.05, 0) is 32.1 Å². The molecule has 0 bridgehead atoms. The molecule has 0 aliphatic heterocycles. The highest BCUT2D eigenvalue weighted by atomic mass is 16.2. The Morgan fingerprint density at radius 3 is 0.621 bits per heavy atom. The highest BCUT2D eigenvalue weighted by molar-refractivity contribution is 5.79. The highest BCUT2D eigenvalue weighted by Gasteiger charge is 2.17. The second-order valence-corrected chi connectivity index (χ2v) is 29.3. The maximum absolute atomic E-state index is 13.5. The van der Waals surface area contributed by atoms with Gasteiger partial charge in [-0.3, -0.25) is 24.0 Å². The van der Waals surface area contributed by atoms with Gasteiger partial charge in [-0.2, -0.15) is 0 Å². The Balaban J connectivity index is 5.83. The molecule has 0 radical (unpaired) electrons. The standard InChI is InChI=1S/C83H165N7O5/c1-6-11-16-21-26-31-36-38-43-48-53-58-79(91)60-70-88(72-62-81(93)85-65-55-50-45-40-33-28-23-18-13-8-3)75-68-84-69-76-90(71-61-80(92)59-54-49-44-39-37-32-27-22-17-12-7-2)78-77-89(73-63-82(94)86-66-56-51-46-41-34-29-24-19-14-9-4)74-64-83(95)87-67-57-52-47-42-35-30-25-20-15-10-5/h84H,6-78H2,1-5H3,(H,85,93)(H,86,94)(H,87,95). The molecule has 12 heteroatoms. The predicted octanol–water partition coefficient (Wildman–Crippen LogP) is 21.1. The van der Waals surface area contributed by atoms with Crippen LogP contribution in [0.3, 0.4) is 0 Å². The Hall–Kier alpha value is -2.41. The number of hydrogen-bond acceptors (Lipinski definition) is 9. The van der Waals surface area contributed by atoms with E-state index in [1.807, 2.05) is 0 Å². The second kappa shape index (κ2) is 77.3. The number of amides is 3. The van der Waals surface area contributed by atoms with Crippen molar-refractivity contribution in [2.45, 2.75) is 413 Å². The van der Waals surface area contributed by atoms with E-state index < -0.39 is 0 Å².